The number of nitrogens with zero attached hydrogens (tertiary/aromatic N) is 1. The number of nitrogens with one attached hydrogen (secondary N) is 2. The summed E-state index contributed by atoms with van der Waals surface area (Å²) in [6.07, 6.45) is 6.45. The Hall–Kier alpha value is -3.50. The maximum Gasteiger partial charge on any atom is 0.241 e. The van der Waals surface area contributed by atoms with Crippen molar-refractivity contribution in [3.63, 3.8) is 0 Å². The molecule has 1 aliphatic carbocycles. The minimum Gasteiger partial charge on any atom is -0.457 e. The lowest BCUT2D eigenvalue weighted by atomic mass is 9.85. The Kier molecular flexibility index (Phi) is 9.19. The molecule has 0 unspecified atom stereocenters. The van der Waals surface area contributed by atoms with Crippen molar-refractivity contribution >= 4 is 21.6 Å². The number of carbonyl (C=O) groups excluding carboxylic acids is 1. The van der Waals surface area contributed by atoms with E-state index in [0.717, 1.165) is 56.3 Å². The zero-order chi connectivity index (χ0) is 28.8. The van der Waals surface area contributed by atoms with Crippen LogP contribution in [0.25, 0.3) is 0 Å². The molecular formula is C31H35F2N3O4S. The van der Waals surface area contributed by atoms with Gasteiger partial charge in [0, 0.05) is 25.3 Å². The molecule has 3 aromatic rings. The first-order chi connectivity index (χ1) is 19.8. The van der Waals surface area contributed by atoms with Gasteiger partial charge in [-0.3, -0.25) is 4.79 Å². The molecule has 3 aromatic carbocycles. The van der Waals surface area contributed by atoms with Crippen LogP contribution in [0.3, 0.4) is 0 Å². The maximum absolute atomic E-state index is 13.6. The molecule has 0 saturated heterocycles. The van der Waals surface area contributed by atoms with Crippen molar-refractivity contribution in [2.75, 3.05) is 24.5 Å². The molecule has 7 nitrogen and oxygen atoms in total. The summed E-state index contributed by atoms with van der Waals surface area (Å²) in [5.41, 5.74) is 1.92. The number of sulfonamides is 1. The predicted octanol–water partition coefficient (Wildman–Crippen LogP) is 5.55. The fourth-order valence-electron chi connectivity index (χ4n) is 5.65. The highest BCUT2D eigenvalue weighted by atomic mass is 32.2. The molecule has 1 aliphatic heterocycles. The molecule has 2 N–H and O–H groups in total. The van der Waals surface area contributed by atoms with Gasteiger partial charge in [-0.15, -0.1) is 0 Å². The molecule has 0 aromatic heterocycles. The van der Waals surface area contributed by atoms with E-state index in [1.165, 1.54) is 54.6 Å². The number of hydrogen-bond donors (Lipinski definition) is 2. The van der Waals surface area contributed by atoms with E-state index in [9.17, 15) is 22.0 Å². The summed E-state index contributed by atoms with van der Waals surface area (Å²) in [5.74, 6) is 0.108. The average molecular weight is 584 g/mol. The van der Waals surface area contributed by atoms with Gasteiger partial charge in [0.2, 0.25) is 15.9 Å². The van der Waals surface area contributed by atoms with Crippen molar-refractivity contribution in [2.45, 2.75) is 55.9 Å². The van der Waals surface area contributed by atoms with Crippen molar-refractivity contribution in [3.05, 3.63) is 83.9 Å². The Morgan fingerprint density at radius 3 is 2.29 bits per heavy atom. The van der Waals surface area contributed by atoms with Gasteiger partial charge in [-0.1, -0.05) is 32.1 Å². The van der Waals surface area contributed by atoms with Crippen molar-refractivity contribution in [3.8, 4) is 11.5 Å². The number of hydrogen-bond acceptors (Lipinski definition) is 5. The zero-order valence-corrected chi connectivity index (χ0v) is 23.6. The molecular weight excluding hydrogens is 548 g/mol. The first kappa shape index (κ1) is 29.0. The van der Waals surface area contributed by atoms with E-state index in [1.807, 2.05) is 0 Å². The average Bonchev–Trinajstić information content (AvgIpc) is 3.36. The van der Waals surface area contributed by atoms with Crippen LogP contribution in [0.4, 0.5) is 14.5 Å². The van der Waals surface area contributed by atoms with Crippen LogP contribution in [-0.2, 0) is 21.2 Å². The molecule has 41 heavy (non-hydrogen) atoms. The minimum atomic E-state index is -4.00. The molecule has 1 heterocycles. The fourth-order valence-corrected chi connectivity index (χ4v) is 6.86. The summed E-state index contributed by atoms with van der Waals surface area (Å²) >= 11 is 0. The number of carbonyl (C=O) groups is 1. The van der Waals surface area contributed by atoms with E-state index in [-0.39, 0.29) is 28.4 Å². The highest BCUT2D eigenvalue weighted by molar-refractivity contribution is 7.89. The Bertz CT molecular complexity index is 1440. The van der Waals surface area contributed by atoms with Crippen LogP contribution in [0.15, 0.2) is 71.6 Å². The number of benzene rings is 3. The van der Waals surface area contributed by atoms with Crippen LogP contribution in [0.1, 0.15) is 44.1 Å². The number of fused-ring (bicyclic) bond motifs is 1. The molecule has 0 bridgehead atoms. The summed E-state index contributed by atoms with van der Waals surface area (Å²) in [6, 6.07) is 15.2. The third-order valence-corrected chi connectivity index (χ3v) is 9.29. The highest BCUT2D eigenvalue weighted by Crippen LogP contribution is 2.29. The third-order valence-electron chi connectivity index (χ3n) is 7.81. The normalized spacial score (nSPS) is 16.3. The number of anilines is 1. The van der Waals surface area contributed by atoms with Crippen LogP contribution in [-0.4, -0.2) is 40.0 Å². The van der Waals surface area contributed by atoms with E-state index in [2.05, 4.69) is 14.9 Å². The number of amides is 1. The molecule has 2 aliphatic rings. The van der Waals surface area contributed by atoms with E-state index >= 15 is 0 Å². The predicted molar refractivity (Wildman–Crippen MR) is 154 cm³/mol. The molecule has 1 atom stereocenters. The smallest absolute Gasteiger partial charge is 0.241 e. The van der Waals surface area contributed by atoms with E-state index in [0.29, 0.717) is 31.0 Å². The van der Waals surface area contributed by atoms with Gasteiger partial charge in [0.05, 0.1) is 4.90 Å². The third kappa shape index (κ3) is 7.62. The highest BCUT2D eigenvalue weighted by Gasteiger charge is 2.29. The van der Waals surface area contributed by atoms with Crippen molar-refractivity contribution < 1.29 is 26.7 Å². The van der Waals surface area contributed by atoms with Crippen LogP contribution < -0.4 is 19.7 Å². The SMILES string of the molecule is O=C(NCCN1CCc2cc(F)ccc21)[C@H](CC1CCCCC1)NS(=O)(=O)c1ccc(Oc2ccc(F)cc2)cc1. The molecule has 1 saturated carbocycles. The van der Waals surface area contributed by atoms with Crippen molar-refractivity contribution in [1.82, 2.24) is 10.0 Å². The largest absolute Gasteiger partial charge is 0.457 e. The summed E-state index contributed by atoms with van der Waals surface area (Å²) in [7, 11) is -4.00. The molecule has 1 fully saturated rings. The Morgan fingerprint density at radius 1 is 0.927 bits per heavy atom. The maximum atomic E-state index is 13.6. The summed E-state index contributed by atoms with van der Waals surface area (Å²) in [5, 5.41) is 2.93. The zero-order valence-electron chi connectivity index (χ0n) is 22.8. The first-order valence-electron chi connectivity index (χ1n) is 14.1. The summed E-state index contributed by atoms with van der Waals surface area (Å²) in [6.45, 7) is 1.63. The van der Waals surface area contributed by atoms with Crippen molar-refractivity contribution in [2.24, 2.45) is 5.92 Å². The van der Waals surface area contributed by atoms with Gasteiger partial charge in [-0.2, -0.15) is 4.72 Å². The van der Waals surface area contributed by atoms with Crippen LogP contribution in [0, 0.1) is 17.6 Å². The molecule has 5 rings (SSSR count). The topological polar surface area (TPSA) is 87.7 Å². The van der Waals surface area contributed by atoms with Crippen molar-refractivity contribution in [1.29, 1.82) is 0 Å². The standard InChI is InChI=1S/C31H35F2N3O4S/c32-24-6-9-26(10-7-24)40-27-11-13-28(14-12-27)41(38,39)35-29(20-22-4-2-1-3-5-22)31(37)34-17-19-36-18-16-23-21-25(33)8-15-30(23)36/h6-15,21-22,29,35H,1-5,16-20H2,(H,34,37)/t29-/m0/s1. The monoisotopic (exact) mass is 583 g/mol. The van der Waals surface area contributed by atoms with Gasteiger partial charge >= 0.3 is 0 Å². The summed E-state index contributed by atoms with van der Waals surface area (Å²) in [4.78, 5) is 15.4. The fraction of sp³-hybridized carbons (Fsp3) is 0.387. The van der Waals surface area contributed by atoms with Crippen LogP contribution >= 0.6 is 0 Å². The first-order valence-corrected chi connectivity index (χ1v) is 15.6. The summed E-state index contributed by atoms with van der Waals surface area (Å²) < 4.78 is 61.7. The number of rotatable bonds is 11. The molecule has 1 amide bonds. The Balaban J connectivity index is 1.22. The van der Waals surface area contributed by atoms with Gasteiger partial charge in [0.1, 0.15) is 29.2 Å². The second kappa shape index (κ2) is 13.0. The number of ether oxygens (including phenoxy) is 1. The van der Waals surface area contributed by atoms with Gasteiger partial charge in [0.15, 0.2) is 0 Å². The molecule has 10 heteroatoms. The number of halogens is 2. The second-order valence-electron chi connectivity index (χ2n) is 10.7. The second-order valence-corrected chi connectivity index (χ2v) is 12.5. The van der Waals surface area contributed by atoms with E-state index < -0.39 is 16.1 Å². The van der Waals surface area contributed by atoms with Gasteiger partial charge in [-0.05, 0) is 91.1 Å². The lowest BCUT2D eigenvalue weighted by Gasteiger charge is -2.27. The van der Waals surface area contributed by atoms with Gasteiger partial charge in [0.25, 0.3) is 0 Å². The molecule has 0 radical (unpaired) electrons. The van der Waals surface area contributed by atoms with Gasteiger partial charge in [-0.25, -0.2) is 17.2 Å². The lowest BCUT2D eigenvalue weighted by molar-refractivity contribution is -0.123. The molecule has 218 valence electrons. The lowest BCUT2D eigenvalue weighted by Crippen LogP contribution is -2.49. The molecule has 0 spiro atoms. The Labute approximate surface area is 240 Å². The minimum absolute atomic E-state index is 0.0197. The van der Waals surface area contributed by atoms with E-state index in [4.69, 9.17) is 4.74 Å². The quantitative estimate of drug-likeness (QED) is 0.309. The van der Waals surface area contributed by atoms with Gasteiger partial charge < -0.3 is 15.0 Å². The van der Waals surface area contributed by atoms with E-state index in [1.54, 1.807) is 12.1 Å². The van der Waals surface area contributed by atoms with Crippen LogP contribution in [0.2, 0.25) is 0 Å². The Morgan fingerprint density at radius 2 is 1.59 bits per heavy atom. The van der Waals surface area contributed by atoms with Crippen LogP contribution in [0.5, 0.6) is 11.5 Å².